The van der Waals surface area contributed by atoms with Gasteiger partial charge in [-0.3, -0.25) is 4.79 Å². The molecule has 0 saturated carbocycles. The normalized spacial score (nSPS) is 15.6. The van der Waals surface area contributed by atoms with Crippen molar-refractivity contribution in [3.05, 3.63) is 17.8 Å². The van der Waals surface area contributed by atoms with E-state index in [9.17, 15) is 4.79 Å². The van der Waals surface area contributed by atoms with Crippen molar-refractivity contribution in [1.82, 2.24) is 15.1 Å². The molecule has 92 valence electrons. The van der Waals surface area contributed by atoms with Gasteiger partial charge in [-0.1, -0.05) is 0 Å². The third-order valence-electron chi connectivity index (χ3n) is 2.82. The summed E-state index contributed by atoms with van der Waals surface area (Å²) in [5, 5.41) is 16.8. The van der Waals surface area contributed by atoms with Crippen molar-refractivity contribution in [2.45, 2.75) is 0 Å². The molecule has 0 bridgehead atoms. The van der Waals surface area contributed by atoms with Gasteiger partial charge in [-0.25, -0.2) is 0 Å². The lowest BCUT2D eigenvalue weighted by Crippen LogP contribution is -2.48. The minimum Gasteiger partial charge on any atom is -0.396 e. The Hall–Kier alpha value is -1.69. The van der Waals surface area contributed by atoms with E-state index in [-0.39, 0.29) is 12.5 Å². The van der Waals surface area contributed by atoms with Crippen LogP contribution in [0, 0.1) is 5.92 Å². The molecule has 0 radical (unpaired) electrons. The molecule has 0 aliphatic carbocycles. The second-order valence-corrected chi connectivity index (χ2v) is 4.43. The number of carbonyl (C=O) groups is 1. The first kappa shape index (κ1) is 11.8. The van der Waals surface area contributed by atoms with Crippen molar-refractivity contribution in [3.8, 4) is 0 Å². The second kappa shape index (κ2) is 4.67. The summed E-state index contributed by atoms with van der Waals surface area (Å²) in [6.07, 6.45) is 0. The number of aromatic nitrogens is 2. The number of amides is 1. The summed E-state index contributed by atoms with van der Waals surface area (Å²) in [6.45, 7) is 1.80. The Morgan fingerprint density at radius 3 is 2.65 bits per heavy atom. The standard InChI is InChI=1S/C11H16N4O2/c1-14(2)11(17)9-3-4-10(13-12-9)15-5-8(6-15)7-16/h3-4,8,16H,5-7H2,1-2H3. The highest BCUT2D eigenvalue weighted by Crippen LogP contribution is 2.21. The van der Waals surface area contributed by atoms with Crippen LogP contribution in [0.1, 0.15) is 10.5 Å². The fourth-order valence-corrected chi connectivity index (χ4v) is 1.71. The average Bonchev–Trinajstić information content (AvgIpc) is 2.27. The number of nitrogens with zero attached hydrogens (tertiary/aromatic N) is 4. The zero-order chi connectivity index (χ0) is 12.4. The number of anilines is 1. The van der Waals surface area contributed by atoms with Crippen LogP contribution in [0.4, 0.5) is 5.82 Å². The van der Waals surface area contributed by atoms with E-state index in [1.165, 1.54) is 4.90 Å². The molecule has 2 rings (SSSR count). The fourth-order valence-electron chi connectivity index (χ4n) is 1.71. The lowest BCUT2D eigenvalue weighted by atomic mass is 10.0. The van der Waals surface area contributed by atoms with Crippen LogP contribution in [0.3, 0.4) is 0 Å². The van der Waals surface area contributed by atoms with E-state index >= 15 is 0 Å². The molecule has 0 atom stereocenters. The van der Waals surface area contributed by atoms with E-state index in [0.717, 1.165) is 18.9 Å². The minimum absolute atomic E-state index is 0.152. The predicted molar refractivity (Wildman–Crippen MR) is 62.8 cm³/mol. The van der Waals surface area contributed by atoms with Gasteiger partial charge in [0, 0.05) is 39.7 Å². The van der Waals surface area contributed by atoms with E-state index in [2.05, 4.69) is 10.2 Å². The summed E-state index contributed by atoms with van der Waals surface area (Å²) >= 11 is 0. The first-order valence-corrected chi connectivity index (χ1v) is 5.53. The minimum atomic E-state index is -0.152. The largest absolute Gasteiger partial charge is 0.396 e. The van der Waals surface area contributed by atoms with Crippen LogP contribution in [0.25, 0.3) is 0 Å². The van der Waals surface area contributed by atoms with Crippen LogP contribution < -0.4 is 4.90 Å². The van der Waals surface area contributed by atoms with Gasteiger partial charge < -0.3 is 14.9 Å². The summed E-state index contributed by atoms with van der Waals surface area (Å²) in [5.74, 6) is 0.936. The van der Waals surface area contributed by atoms with Crippen LogP contribution in [0.15, 0.2) is 12.1 Å². The quantitative estimate of drug-likeness (QED) is 0.774. The highest BCUT2D eigenvalue weighted by Gasteiger charge is 2.27. The van der Waals surface area contributed by atoms with Crippen molar-refractivity contribution in [2.75, 3.05) is 38.7 Å². The molecule has 0 spiro atoms. The van der Waals surface area contributed by atoms with Crippen LogP contribution in [0.2, 0.25) is 0 Å². The Balaban J connectivity index is 2.02. The maximum Gasteiger partial charge on any atom is 0.273 e. The van der Waals surface area contributed by atoms with Gasteiger partial charge in [0.1, 0.15) is 0 Å². The molecule has 2 heterocycles. The molecule has 1 fully saturated rings. The van der Waals surface area contributed by atoms with Gasteiger partial charge in [-0.05, 0) is 12.1 Å². The zero-order valence-corrected chi connectivity index (χ0v) is 10.00. The van der Waals surface area contributed by atoms with E-state index in [0.29, 0.717) is 11.6 Å². The van der Waals surface area contributed by atoms with Crippen molar-refractivity contribution in [3.63, 3.8) is 0 Å². The highest BCUT2D eigenvalue weighted by atomic mass is 16.3. The maximum atomic E-state index is 11.6. The molecule has 17 heavy (non-hydrogen) atoms. The van der Waals surface area contributed by atoms with Crippen LogP contribution >= 0.6 is 0 Å². The van der Waals surface area contributed by atoms with Crippen LogP contribution in [-0.2, 0) is 0 Å². The fraction of sp³-hybridized carbons (Fsp3) is 0.545. The number of carbonyl (C=O) groups excluding carboxylic acids is 1. The average molecular weight is 236 g/mol. The van der Waals surface area contributed by atoms with Gasteiger partial charge in [0.15, 0.2) is 11.5 Å². The third kappa shape index (κ3) is 2.36. The molecule has 1 aliphatic heterocycles. The van der Waals surface area contributed by atoms with Crippen molar-refractivity contribution in [1.29, 1.82) is 0 Å². The second-order valence-electron chi connectivity index (χ2n) is 4.43. The lowest BCUT2D eigenvalue weighted by molar-refractivity contribution is 0.0821. The molecule has 0 unspecified atom stereocenters. The Morgan fingerprint density at radius 2 is 2.18 bits per heavy atom. The first-order chi connectivity index (χ1) is 8.11. The monoisotopic (exact) mass is 236 g/mol. The highest BCUT2D eigenvalue weighted by molar-refractivity contribution is 5.91. The molecule has 1 saturated heterocycles. The van der Waals surface area contributed by atoms with E-state index in [4.69, 9.17) is 5.11 Å². The number of aliphatic hydroxyl groups excluding tert-OH is 1. The molecular formula is C11H16N4O2. The van der Waals surface area contributed by atoms with Gasteiger partial charge in [0.25, 0.3) is 5.91 Å². The number of hydrogen-bond donors (Lipinski definition) is 1. The van der Waals surface area contributed by atoms with E-state index in [1.54, 1.807) is 26.2 Å². The van der Waals surface area contributed by atoms with E-state index < -0.39 is 0 Å². The number of hydrogen-bond acceptors (Lipinski definition) is 5. The van der Waals surface area contributed by atoms with Gasteiger partial charge in [0.05, 0.1) is 0 Å². The third-order valence-corrected chi connectivity index (χ3v) is 2.82. The summed E-state index contributed by atoms with van der Waals surface area (Å²) < 4.78 is 0. The van der Waals surface area contributed by atoms with Crippen LogP contribution in [-0.4, -0.2) is 59.9 Å². The molecule has 1 N–H and O–H groups in total. The Bertz CT molecular complexity index is 398. The smallest absolute Gasteiger partial charge is 0.273 e. The molecule has 1 aromatic rings. The molecule has 1 aromatic heterocycles. The molecule has 0 aromatic carbocycles. The van der Waals surface area contributed by atoms with E-state index in [1.807, 2.05) is 4.90 Å². The molecule has 1 aliphatic rings. The summed E-state index contributed by atoms with van der Waals surface area (Å²) in [5.41, 5.74) is 0.345. The summed E-state index contributed by atoms with van der Waals surface area (Å²) in [4.78, 5) is 15.1. The predicted octanol–water partition coefficient (Wildman–Crippen LogP) is -0.393. The topological polar surface area (TPSA) is 69.6 Å². The number of aliphatic hydroxyl groups is 1. The molecular weight excluding hydrogens is 220 g/mol. The van der Waals surface area contributed by atoms with Gasteiger partial charge in [0.2, 0.25) is 0 Å². The van der Waals surface area contributed by atoms with Gasteiger partial charge in [-0.2, -0.15) is 0 Å². The molecule has 6 heteroatoms. The Morgan fingerprint density at radius 1 is 1.47 bits per heavy atom. The van der Waals surface area contributed by atoms with Gasteiger partial charge >= 0.3 is 0 Å². The first-order valence-electron chi connectivity index (χ1n) is 5.53. The summed E-state index contributed by atoms with van der Waals surface area (Å²) in [6, 6.07) is 3.47. The lowest BCUT2D eigenvalue weighted by Gasteiger charge is -2.38. The number of rotatable bonds is 3. The molecule has 6 nitrogen and oxygen atoms in total. The summed E-state index contributed by atoms with van der Waals surface area (Å²) in [7, 11) is 3.36. The Labute approximate surface area is 99.9 Å². The maximum absolute atomic E-state index is 11.6. The van der Waals surface area contributed by atoms with Crippen molar-refractivity contribution >= 4 is 11.7 Å². The SMILES string of the molecule is CN(C)C(=O)c1ccc(N2CC(CO)C2)nn1. The zero-order valence-electron chi connectivity index (χ0n) is 10.00. The van der Waals surface area contributed by atoms with Crippen LogP contribution in [0.5, 0.6) is 0 Å². The Kier molecular flexibility index (Phi) is 3.23. The van der Waals surface area contributed by atoms with Crippen molar-refractivity contribution < 1.29 is 9.90 Å². The van der Waals surface area contributed by atoms with Crippen molar-refractivity contribution in [2.24, 2.45) is 5.92 Å². The molecule has 1 amide bonds. The van der Waals surface area contributed by atoms with Gasteiger partial charge in [-0.15, -0.1) is 10.2 Å².